The summed E-state index contributed by atoms with van der Waals surface area (Å²) in [7, 11) is 0. The quantitative estimate of drug-likeness (QED) is 0.614. The molecule has 132 valence electrons. The highest BCUT2D eigenvalue weighted by atomic mass is 35.5. The van der Waals surface area contributed by atoms with Gasteiger partial charge in [0.05, 0.1) is 4.92 Å². The molecule has 1 saturated heterocycles. The summed E-state index contributed by atoms with van der Waals surface area (Å²) in [5.74, 6) is 0.500. The molecule has 0 saturated carbocycles. The van der Waals surface area contributed by atoms with Gasteiger partial charge in [0.1, 0.15) is 0 Å². The van der Waals surface area contributed by atoms with E-state index in [0.29, 0.717) is 10.9 Å². The molecule has 0 unspecified atom stereocenters. The molecular weight excluding hydrogens is 361 g/mol. The van der Waals surface area contributed by atoms with E-state index in [1.54, 1.807) is 12.1 Å². The van der Waals surface area contributed by atoms with Gasteiger partial charge in [-0.1, -0.05) is 25.4 Å². The first-order valence-corrected chi connectivity index (χ1v) is 7.75. The summed E-state index contributed by atoms with van der Waals surface area (Å²) in [6.45, 7) is 8.11. The Labute approximate surface area is 154 Å². The van der Waals surface area contributed by atoms with Crippen molar-refractivity contribution in [1.29, 1.82) is 0 Å². The van der Waals surface area contributed by atoms with Crippen LogP contribution in [0.1, 0.15) is 31.9 Å². The molecule has 1 atom stereocenters. The SMILES string of the molecule is CC(C)C[C@@H](c1cc([N+](=O)[O-])ccc1Cl)N1CCNCC1.Cl.Cl. The fourth-order valence-corrected chi connectivity index (χ4v) is 3.06. The lowest BCUT2D eigenvalue weighted by molar-refractivity contribution is -0.385. The Morgan fingerprint density at radius 1 is 1.30 bits per heavy atom. The Morgan fingerprint density at radius 3 is 2.43 bits per heavy atom. The molecule has 2 rings (SSSR count). The summed E-state index contributed by atoms with van der Waals surface area (Å²) in [5, 5.41) is 15.0. The second-order valence-corrected chi connectivity index (χ2v) is 6.30. The number of nitro benzene ring substituents is 1. The Bertz CT molecular complexity index is 509. The van der Waals surface area contributed by atoms with Gasteiger partial charge in [-0.25, -0.2) is 0 Å². The average Bonchev–Trinajstić information content (AvgIpc) is 2.46. The van der Waals surface area contributed by atoms with Crippen molar-refractivity contribution >= 4 is 42.1 Å². The summed E-state index contributed by atoms with van der Waals surface area (Å²) in [6, 6.07) is 4.89. The smallest absolute Gasteiger partial charge is 0.269 e. The maximum Gasteiger partial charge on any atom is 0.269 e. The van der Waals surface area contributed by atoms with Crippen LogP contribution in [0.5, 0.6) is 0 Å². The molecule has 0 aliphatic carbocycles. The van der Waals surface area contributed by atoms with Crippen molar-refractivity contribution in [2.75, 3.05) is 26.2 Å². The van der Waals surface area contributed by atoms with Gasteiger partial charge in [0.25, 0.3) is 5.69 Å². The van der Waals surface area contributed by atoms with E-state index in [1.165, 1.54) is 6.07 Å². The number of piperazine rings is 1. The van der Waals surface area contributed by atoms with Gasteiger partial charge in [-0.2, -0.15) is 0 Å². The lowest BCUT2D eigenvalue weighted by atomic mass is 9.94. The zero-order chi connectivity index (χ0) is 15.4. The number of nitrogens with zero attached hydrogens (tertiary/aromatic N) is 2. The van der Waals surface area contributed by atoms with E-state index in [4.69, 9.17) is 11.6 Å². The van der Waals surface area contributed by atoms with Crippen LogP contribution in [0.4, 0.5) is 5.69 Å². The summed E-state index contributed by atoms with van der Waals surface area (Å²) in [5.41, 5.74) is 0.986. The highest BCUT2D eigenvalue weighted by Crippen LogP contribution is 2.35. The molecule has 8 heteroatoms. The van der Waals surface area contributed by atoms with Gasteiger partial charge in [-0.15, -0.1) is 24.8 Å². The maximum absolute atomic E-state index is 11.0. The Balaban J connectivity index is 0.00000242. The number of non-ortho nitro benzene ring substituents is 1. The van der Waals surface area contributed by atoms with E-state index in [9.17, 15) is 10.1 Å². The van der Waals surface area contributed by atoms with Crippen LogP contribution < -0.4 is 5.32 Å². The molecular formula is C15H24Cl3N3O2. The van der Waals surface area contributed by atoms with Crippen molar-refractivity contribution in [3.63, 3.8) is 0 Å². The monoisotopic (exact) mass is 383 g/mol. The molecule has 1 fully saturated rings. The maximum atomic E-state index is 11.0. The third kappa shape index (κ3) is 6.08. The number of rotatable bonds is 5. The minimum Gasteiger partial charge on any atom is -0.314 e. The molecule has 1 aromatic carbocycles. The van der Waals surface area contributed by atoms with Gasteiger partial charge in [0, 0.05) is 49.4 Å². The summed E-state index contributed by atoms with van der Waals surface area (Å²) < 4.78 is 0. The van der Waals surface area contributed by atoms with Crippen molar-refractivity contribution < 1.29 is 4.92 Å². The second-order valence-electron chi connectivity index (χ2n) is 5.89. The van der Waals surface area contributed by atoms with E-state index in [2.05, 4.69) is 24.1 Å². The van der Waals surface area contributed by atoms with Crippen LogP contribution in [-0.4, -0.2) is 36.0 Å². The first-order valence-electron chi connectivity index (χ1n) is 7.37. The lowest BCUT2D eigenvalue weighted by Gasteiger charge is -2.36. The number of hydrogen-bond donors (Lipinski definition) is 1. The Kier molecular flexibility index (Phi) is 10.0. The van der Waals surface area contributed by atoms with Crippen molar-refractivity contribution in [3.05, 3.63) is 38.9 Å². The molecule has 1 aliphatic heterocycles. The van der Waals surface area contributed by atoms with Gasteiger partial charge in [0.15, 0.2) is 0 Å². The molecule has 0 aromatic heterocycles. The van der Waals surface area contributed by atoms with Crippen LogP contribution in [0.15, 0.2) is 18.2 Å². The molecule has 5 nitrogen and oxygen atoms in total. The predicted molar refractivity (Wildman–Crippen MR) is 99.2 cm³/mol. The van der Waals surface area contributed by atoms with Crippen molar-refractivity contribution in [2.45, 2.75) is 26.3 Å². The predicted octanol–water partition coefficient (Wildman–Crippen LogP) is 4.08. The number of benzene rings is 1. The fourth-order valence-electron chi connectivity index (χ4n) is 2.81. The van der Waals surface area contributed by atoms with E-state index >= 15 is 0 Å². The molecule has 0 amide bonds. The van der Waals surface area contributed by atoms with Crippen molar-refractivity contribution in [1.82, 2.24) is 10.2 Å². The Hall–Kier alpha value is -0.590. The van der Waals surface area contributed by atoms with Gasteiger partial charge in [0.2, 0.25) is 0 Å². The zero-order valence-corrected chi connectivity index (χ0v) is 15.7. The summed E-state index contributed by atoms with van der Waals surface area (Å²) in [6.07, 6.45) is 0.945. The van der Waals surface area contributed by atoms with Gasteiger partial charge >= 0.3 is 0 Å². The third-order valence-corrected chi connectivity index (χ3v) is 4.18. The van der Waals surface area contributed by atoms with Crippen LogP contribution in [0.2, 0.25) is 5.02 Å². The van der Waals surface area contributed by atoms with Crippen LogP contribution >= 0.6 is 36.4 Å². The first kappa shape index (κ1) is 22.4. The van der Waals surface area contributed by atoms with Crippen molar-refractivity contribution in [2.24, 2.45) is 5.92 Å². The summed E-state index contributed by atoms with van der Waals surface area (Å²) in [4.78, 5) is 13.0. The lowest BCUT2D eigenvalue weighted by Crippen LogP contribution is -2.45. The molecule has 0 bridgehead atoms. The number of nitro groups is 1. The van der Waals surface area contributed by atoms with E-state index < -0.39 is 0 Å². The van der Waals surface area contributed by atoms with Crippen LogP contribution in [0, 0.1) is 16.0 Å². The van der Waals surface area contributed by atoms with E-state index in [1.807, 2.05) is 0 Å². The van der Waals surface area contributed by atoms with Crippen LogP contribution in [0.3, 0.4) is 0 Å². The van der Waals surface area contributed by atoms with E-state index in [0.717, 1.165) is 38.2 Å². The molecule has 0 radical (unpaired) electrons. The molecule has 1 N–H and O–H groups in total. The molecule has 23 heavy (non-hydrogen) atoms. The summed E-state index contributed by atoms with van der Waals surface area (Å²) >= 11 is 6.33. The van der Waals surface area contributed by atoms with Crippen LogP contribution in [0.25, 0.3) is 0 Å². The number of halogens is 3. The van der Waals surface area contributed by atoms with Gasteiger partial charge in [-0.3, -0.25) is 15.0 Å². The normalized spacial score (nSPS) is 16.3. The zero-order valence-electron chi connectivity index (χ0n) is 13.3. The number of hydrogen-bond acceptors (Lipinski definition) is 4. The minimum atomic E-state index is -0.357. The highest BCUT2D eigenvalue weighted by molar-refractivity contribution is 6.31. The Morgan fingerprint density at radius 2 is 1.91 bits per heavy atom. The third-order valence-electron chi connectivity index (χ3n) is 3.84. The molecule has 1 aromatic rings. The van der Waals surface area contributed by atoms with Gasteiger partial charge in [-0.05, 0) is 24.0 Å². The molecule has 1 aliphatic rings. The molecule has 1 heterocycles. The highest BCUT2D eigenvalue weighted by Gasteiger charge is 2.26. The largest absolute Gasteiger partial charge is 0.314 e. The van der Waals surface area contributed by atoms with Crippen LogP contribution in [-0.2, 0) is 0 Å². The molecule has 0 spiro atoms. The topological polar surface area (TPSA) is 58.4 Å². The number of nitrogens with one attached hydrogen (secondary N) is 1. The van der Waals surface area contributed by atoms with E-state index in [-0.39, 0.29) is 41.5 Å². The standard InChI is InChI=1S/C15H22ClN3O2.2ClH/c1-11(2)9-15(18-7-5-17-6-8-18)13-10-12(19(20)21)3-4-14(13)16;;/h3-4,10-11,15,17H,5-9H2,1-2H3;2*1H/t15-;;/m0../s1. The van der Waals surface area contributed by atoms with Gasteiger partial charge < -0.3 is 5.32 Å². The average molecular weight is 385 g/mol. The van der Waals surface area contributed by atoms with Crippen molar-refractivity contribution in [3.8, 4) is 0 Å². The first-order chi connectivity index (χ1) is 9.99. The minimum absolute atomic E-state index is 0. The second kappa shape index (κ2) is 10.3. The fraction of sp³-hybridized carbons (Fsp3) is 0.600.